The Hall–Kier alpha value is -1.82. The lowest BCUT2D eigenvalue weighted by Gasteiger charge is -2.37. The molecule has 2 aromatic heterocycles. The molecule has 2 heterocycles. The zero-order valence-electron chi connectivity index (χ0n) is 15.3. The lowest BCUT2D eigenvalue weighted by molar-refractivity contribution is 0.296. The number of hydrogen-bond donors (Lipinski definition) is 2. The molecule has 3 rings (SSSR count). The van der Waals surface area contributed by atoms with Crippen LogP contribution in [0.5, 0.6) is 0 Å². The van der Waals surface area contributed by atoms with Crippen LogP contribution in [0.25, 0.3) is 0 Å². The number of aromatic nitrogens is 2. The van der Waals surface area contributed by atoms with Crippen molar-refractivity contribution in [2.24, 2.45) is 12.0 Å². The standard InChI is InChI=1S/C19H29N5S/c1-20-18(21-11-8-16-13-23-24(2)14-16)22-15-19(9-4-3-5-10-19)17-7-6-12-25-17/h6-7,12-14H,3-5,8-11,15H2,1-2H3,(H2,20,21,22). The second-order valence-electron chi connectivity index (χ2n) is 6.94. The molecule has 136 valence electrons. The summed E-state index contributed by atoms with van der Waals surface area (Å²) >= 11 is 1.90. The molecule has 1 aliphatic rings. The molecule has 5 nitrogen and oxygen atoms in total. The Morgan fingerprint density at radius 1 is 1.32 bits per heavy atom. The second kappa shape index (κ2) is 8.52. The van der Waals surface area contributed by atoms with E-state index < -0.39 is 0 Å². The highest BCUT2D eigenvalue weighted by atomic mass is 32.1. The van der Waals surface area contributed by atoms with E-state index in [1.807, 2.05) is 36.3 Å². The molecular formula is C19H29N5S. The van der Waals surface area contributed by atoms with Crippen molar-refractivity contribution in [3.63, 3.8) is 0 Å². The van der Waals surface area contributed by atoms with E-state index in [4.69, 9.17) is 0 Å². The predicted molar refractivity (Wildman–Crippen MR) is 105 cm³/mol. The van der Waals surface area contributed by atoms with E-state index in [1.165, 1.54) is 42.5 Å². The molecular weight excluding hydrogens is 330 g/mol. The van der Waals surface area contributed by atoms with Crippen LogP contribution < -0.4 is 10.6 Å². The van der Waals surface area contributed by atoms with Crippen molar-refractivity contribution >= 4 is 17.3 Å². The predicted octanol–water partition coefficient (Wildman–Crippen LogP) is 3.09. The number of thiophene rings is 1. The van der Waals surface area contributed by atoms with Crippen LogP contribution in [-0.4, -0.2) is 35.9 Å². The monoisotopic (exact) mass is 359 g/mol. The van der Waals surface area contributed by atoms with Crippen molar-refractivity contribution in [1.29, 1.82) is 0 Å². The van der Waals surface area contributed by atoms with Crippen LogP contribution in [0.3, 0.4) is 0 Å². The van der Waals surface area contributed by atoms with Crippen molar-refractivity contribution in [3.8, 4) is 0 Å². The van der Waals surface area contributed by atoms with Gasteiger partial charge in [0.05, 0.1) is 6.20 Å². The van der Waals surface area contributed by atoms with Gasteiger partial charge in [-0.25, -0.2) is 0 Å². The van der Waals surface area contributed by atoms with Gasteiger partial charge in [-0.05, 0) is 36.3 Å². The highest BCUT2D eigenvalue weighted by molar-refractivity contribution is 7.10. The molecule has 0 aliphatic heterocycles. The van der Waals surface area contributed by atoms with Gasteiger partial charge in [-0.2, -0.15) is 5.10 Å². The first kappa shape index (κ1) is 18.0. The Bertz CT molecular complexity index is 668. The van der Waals surface area contributed by atoms with E-state index in [0.717, 1.165) is 25.5 Å². The smallest absolute Gasteiger partial charge is 0.191 e. The summed E-state index contributed by atoms with van der Waals surface area (Å²) in [4.78, 5) is 5.92. The summed E-state index contributed by atoms with van der Waals surface area (Å²) < 4.78 is 1.84. The molecule has 0 amide bonds. The van der Waals surface area contributed by atoms with E-state index in [9.17, 15) is 0 Å². The van der Waals surface area contributed by atoms with E-state index >= 15 is 0 Å². The third kappa shape index (κ3) is 4.63. The first-order chi connectivity index (χ1) is 12.2. The Balaban J connectivity index is 1.53. The minimum Gasteiger partial charge on any atom is -0.356 e. The topological polar surface area (TPSA) is 54.2 Å². The van der Waals surface area contributed by atoms with Crippen molar-refractivity contribution in [1.82, 2.24) is 20.4 Å². The molecule has 6 heteroatoms. The Morgan fingerprint density at radius 2 is 2.16 bits per heavy atom. The summed E-state index contributed by atoms with van der Waals surface area (Å²) in [6.07, 6.45) is 11.5. The van der Waals surface area contributed by atoms with Crippen LogP contribution in [0.15, 0.2) is 34.9 Å². The zero-order chi connectivity index (χ0) is 17.5. The van der Waals surface area contributed by atoms with Crippen LogP contribution in [0.4, 0.5) is 0 Å². The van der Waals surface area contributed by atoms with E-state index in [-0.39, 0.29) is 5.41 Å². The second-order valence-corrected chi connectivity index (χ2v) is 7.89. The number of aryl methyl sites for hydroxylation is 1. The van der Waals surface area contributed by atoms with Crippen molar-refractivity contribution in [2.75, 3.05) is 20.1 Å². The Morgan fingerprint density at radius 3 is 2.80 bits per heavy atom. The fourth-order valence-corrected chi connectivity index (χ4v) is 4.71. The van der Waals surface area contributed by atoms with Gasteiger partial charge < -0.3 is 10.6 Å². The van der Waals surface area contributed by atoms with Crippen LogP contribution in [0.1, 0.15) is 42.5 Å². The maximum atomic E-state index is 4.40. The van der Waals surface area contributed by atoms with Gasteiger partial charge in [0.15, 0.2) is 5.96 Å². The third-order valence-electron chi connectivity index (χ3n) is 5.14. The zero-order valence-corrected chi connectivity index (χ0v) is 16.1. The molecule has 0 bridgehead atoms. The van der Waals surface area contributed by atoms with Crippen LogP contribution in [-0.2, 0) is 18.9 Å². The highest BCUT2D eigenvalue weighted by Crippen LogP contribution is 2.41. The summed E-state index contributed by atoms with van der Waals surface area (Å²) in [5, 5.41) is 13.4. The average Bonchev–Trinajstić information content (AvgIpc) is 3.31. The summed E-state index contributed by atoms with van der Waals surface area (Å²) in [6.45, 7) is 1.82. The SMILES string of the molecule is CN=C(NCCc1cnn(C)c1)NCC1(c2cccs2)CCCCC1. The first-order valence-corrected chi connectivity index (χ1v) is 10.1. The molecule has 1 aliphatic carbocycles. The van der Waals surface area contributed by atoms with Gasteiger partial charge in [0, 0.05) is 43.7 Å². The number of aliphatic imine (C=N–C) groups is 1. The van der Waals surface area contributed by atoms with Gasteiger partial charge in [-0.15, -0.1) is 11.3 Å². The maximum absolute atomic E-state index is 4.40. The molecule has 0 radical (unpaired) electrons. The number of guanidine groups is 1. The number of hydrogen-bond acceptors (Lipinski definition) is 3. The molecule has 2 N–H and O–H groups in total. The number of rotatable bonds is 6. The van der Waals surface area contributed by atoms with Gasteiger partial charge in [0.25, 0.3) is 0 Å². The van der Waals surface area contributed by atoms with Crippen molar-refractivity contribution in [2.45, 2.75) is 43.9 Å². The fourth-order valence-electron chi connectivity index (χ4n) is 3.72. The summed E-state index contributed by atoms with van der Waals surface area (Å²) in [5.41, 5.74) is 1.51. The van der Waals surface area contributed by atoms with Gasteiger partial charge >= 0.3 is 0 Å². The van der Waals surface area contributed by atoms with Gasteiger partial charge in [0.1, 0.15) is 0 Å². The van der Waals surface area contributed by atoms with Crippen LogP contribution in [0.2, 0.25) is 0 Å². The van der Waals surface area contributed by atoms with Gasteiger partial charge in [0.2, 0.25) is 0 Å². The molecule has 0 saturated heterocycles. The van der Waals surface area contributed by atoms with Crippen LogP contribution in [0, 0.1) is 0 Å². The lowest BCUT2D eigenvalue weighted by Crippen LogP contribution is -2.46. The fraction of sp³-hybridized carbons (Fsp3) is 0.579. The normalized spacial score (nSPS) is 17.4. The highest BCUT2D eigenvalue weighted by Gasteiger charge is 2.34. The largest absolute Gasteiger partial charge is 0.356 e. The summed E-state index contributed by atoms with van der Waals surface area (Å²) in [7, 11) is 3.80. The van der Waals surface area contributed by atoms with E-state index in [1.54, 1.807) is 0 Å². The molecule has 2 aromatic rings. The summed E-state index contributed by atoms with van der Waals surface area (Å²) in [5.74, 6) is 0.894. The third-order valence-corrected chi connectivity index (χ3v) is 6.25. The van der Waals surface area contributed by atoms with Gasteiger partial charge in [-0.3, -0.25) is 9.67 Å². The van der Waals surface area contributed by atoms with E-state index in [2.05, 4.69) is 44.4 Å². The first-order valence-electron chi connectivity index (χ1n) is 9.18. The maximum Gasteiger partial charge on any atom is 0.191 e. The Kier molecular flexibility index (Phi) is 6.13. The molecule has 0 spiro atoms. The molecule has 1 saturated carbocycles. The summed E-state index contributed by atoms with van der Waals surface area (Å²) in [6, 6.07) is 4.48. The molecule has 0 atom stereocenters. The van der Waals surface area contributed by atoms with Crippen LogP contribution >= 0.6 is 11.3 Å². The average molecular weight is 360 g/mol. The Labute approximate surface area is 154 Å². The number of nitrogens with zero attached hydrogens (tertiary/aromatic N) is 3. The van der Waals surface area contributed by atoms with E-state index in [0.29, 0.717) is 0 Å². The molecule has 0 aromatic carbocycles. The molecule has 0 unspecified atom stereocenters. The quantitative estimate of drug-likeness (QED) is 0.615. The number of nitrogens with one attached hydrogen (secondary N) is 2. The van der Waals surface area contributed by atoms with Gasteiger partial charge in [-0.1, -0.05) is 25.3 Å². The van der Waals surface area contributed by atoms with Crippen molar-refractivity contribution < 1.29 is 0 Å². The molecule has 25 heavy (non-hydrogen) atoms. The van der Waals surface area contributed by atoms with Crippen molar-refractivity contribution in [3.05, 3.63) is 40.3 Å². The molecule has 1 fully saturated rings. The minimum atomic E-state index is 0.271. The lowest BCUT2D eigenvalue weighted by atomic mass is 9.73. The minimum absolute atomic E-state index is 0.271.